The van der Waals surface area contributed by atoms with Crippen LogP contribution in [0.15, 0.2) is 22.7 Å². The molecule has 1 aromatic carbocycles. The first-order chi connectivity index (χ1) is 9.95. The number of piperidine rings is 1. The predicted octanol–water partition coefficient (Wildman–Crippen LogP) is 2.78. The summed E-state index contributed by atoms with van der Waals surface area (Å²) in [7, 11) is 0. The molecule has 0 spiro atoms. The van der Waals surface area contributed by atoms with Crippen LogP contribution in [0.25, 0.3) is 0 Å². The second-order valence-corrected chi connectivity index (χ2v) is 6.63. The van der Waals surface area contributed by atoms with Crippen LogP contribution in [0.1, 0.15) is 32.3 Å². The summed E-state index contributed by atoms with van der Waals surface area (Å²) < 4.78 is 6.63. The first kappa shape index (κ1) is 16.3. The first-order valence-corrected chi connectivity index (χ1v) is 8.21. The van der Waals surface area contributed by atoms with Crippen molar-refractivity contribution in [1.29, 1.82) is 0 Å². The van der Waals surface area contributed by atoms with Crippen molar-refractivity contribution >= 4 is 21.8 Å². The van der Waals surface area contributed by atoms with E-state index >= 15 is 0 Å². The Morgan fingerprint density at radius 1 is 1.52 bits per heavy atom. The van der Waals surface area contributed by atoms with Crippen LogP contribution in [-0.4, -0.2) is 30.6 Å². The molecule has 1 aliphatic heterocycles. The van der Waals surface area contributed by atoms with Gasteiger partial charge in [-0.3, -0.25) is 4.79 Å². The largest absolute Gasteiger partial charge is 0.480 e. The van der Waals surface area contributed by atoms with Gasteiger partial charge in [-0.1, -0.05) is 6.07 Å². The molecule has 0 radical (unpaired) electrons. The second-order valence-electron chi connectivity index (χ2n) is 5.78. The third-order valence-electron chi connectivity index (χ3n) is 3.73. The third kappa shape index (κ3) is 4.71. The number of aryl methyl sites for hydroxylation is 1. The molecule has 3 atom stereocenters. The van der Waals surface area contributed by atoms with E-state index in [1.807, 2.05) is 25.1 Å². The van der Waals surface area contributed by atoms with Gasteiger partial charge in [-0.15, -0.1) is 0 Å². The van der Waals surface area contributed by atoms with Gasteiger partial charge in [-0.05, 0) is 73.8 Å². The van der Waals surface area contributed by atoms with Crippen molar-refractivity contribution < 1.29 is 9.53 Å². The molecule has 0 bridgehead atoms. The number of nitrogens with one attached hydrogen (secondary N) is 2. The van der Waals surface area contributed by atoms with Gasteiger partial charge in [0.05, 0.1) is 4.47 Å². The van der Waals surface area contributed by atoms with Crippen molar-refractivity contribution in [1.82, 2.24) is 10.6 Å². The standard InChI is InChI=1S/C16H23BrN2O2/c1-10-4-5-15(14(17)8-10)21-12(3)16(20)19-13-6-7-18-11(2)9-13/h4-5,8,11-13,18H,6-7,9H2,1-3H3,(H,19,20). The topological polar surface area (TPSA) is 50.4 Å². The molecule has 0 aromatic heterocycles. The maximum Gasteiger partial charge on any atom is 0.260 e. The molecule has 21 heavy (non-hydrogen) atoms. The Kier molecular flexibility index (Phi) is 5.65. The predicted molar refractivity (Wildman–Crippen MR) is 87.6 cm³/mol. The van der Waals surface area contributed by atoms with Gasteiger partial charge in [-0.2, -0.15) is 0 Å². The van der Waals surface area contributed by atoms with E-state index in [0.29, 0.717) is 11.8 Å². The van der Waals surface area contributed by atoms with E-state index in [-0.39, 0.29) is 11.9 Å². The Balaban J connectivity index is 1.90. The zero-order valence-electron chi connectivity index (χ0n) is 12.8. The molecule has 2 rings (SSSR count). The van der Waals surface area contributed by atoms with E-state index in [1.54, 1.807) is 6.92 Å². The van der Waals surface area contributed by atoms with Crippen molar-refractivity contribution in [3.8, 4) is 5.75 Å². The molecule has 2 N–H and O–H groups in total. The van der Waals surface area contributed by atoms with Crippen LogP contribution in [-0.2, 0) is 4.79 Å². The molecular formula is C16H23BrN2O2. The van der Waals surface area contributed by atoms with Crippen LogP contribution in [0.3, 0.4) is 0 Å². The number of carbonyl (C=O) groups is 1. The summed E-state index contributed by atoms with van der Waals surface area (Å²) >= 11 is 3.47. The molecule has 1 fully saturated rings. The third-order valence-corrected chi connectivity index (χ3v) is 4.35. The first-order valence-electron chi connectivity index (χ1n) is 7.42. The van der Waals surface area contributed by atoms with E-state index < -0.39 is 6.10 Å². The molecule has 116 valence electrons. The minimum atomic E-state index is -0.505. The molecule has 1 aromatic rings. The Labute approximate surface area is 134 Å². The monoisotopic (exact) mass is 354 g/mol. The van der Waals surface area contributed by atoms with Crippen LogP contribution in [0.4, 0.5) is 0 Å². The van der Waals surface area contributed by atoms with Gasteiger partial charge in [-0.25, -0.2) is 0 Å². The van der Waals surface area contributed by atoms with Crippen molar-refractivity contribution in [2.45, 2.75) is 51.8 Å². The van der Waals surface area contributed by atoms with Crippen LogP contribution >= 0.6 is 15.9 Å². The average Bonchev–Trinajstić information content (AvgIpc) is 2.41. The van der Waals surface area contributed by atoms with Gasteiger partial charge in [0.2, 0.25) is 0 Å². The van der Waals surface area contributed by atoms with Gasteiger partial charge < -0.3 is 15.4 Å². The zero-order chi connectivity index (χ0) is 15.4. The fourth-order valence-electron chi connectivity index (χ4n) is 2.53. The summed E-state index contributed by atoms with van der Waals surface area (Å²) in [6.07, 6.45) is 1.43. The SMILES string of the molecule is Cc1ccc(OC(C)C(=O)NC2CCNC(C)C2)c(Br)c1. The van der Waals surface area contributed by atoms with E-state index in [9.17, 15) is 4.79 Å². The maximum absolute atomic E-state index is 12.2. The Morgan fingerprint density at radius 2 is 2.29 bits per heavy atom. The molecule has 0 aliphatic carbocycles. The molecule has 1 aliphatic rings. The summed E-state index contributed by atoms with van der Waals surface area (Å²) in [4.78, 5) is 12.2. The summed E-state index contributed by atoms with van der Waals surface area (Å²) in [5, 5.41) is 6.46. The van der Waals surface area contributed by atoms with Gasteiger partial charge >= 0.3 is 0 Å². The molecule has 1 heterocycles. The molecule has 1 saturated heterocycles. The van der Waals surface area contributed by atoms with Crippen molar-refractivity contribution in [3.05, 3.63) is 28.2 Å². The lowest BCUT2D eigenvalue weighted by Crippen LogP contribution is -2.49. The van der Waals surface area contributed by atoms with Crippen molar-refractivity contribution in [3.63, 3.8) is 0 Å². The average molecular weight is 355 g/mol. The van der Waals surface area contributed by atoms with Crippen molar-refractivity contribution in [2.75, 3.05) is 6.54 Å². The van der Waals surface area contributed by atoms with E-state index in [2.05, 4.69) is 33.5 Å². The fraction of sp³-hybridized carbons (Fsp3) is 0.562. The van der Waals surface area contributed by atoms with Crippen molar-refractivity contribution in [2.24, 2.45) is 0 Å². The van der Waals surface area contributed by atoms with Gasteiger partial charge in [0.15, 0.2) is 6.10 Å². The lowest BCUT2D eigenvalue weighted by molar-refractivity contribution is -0.128. The fourth-order valence-corrected chi connectivity index (χ4v) is 3.11. The van der Waals surface area contributed by atoms with Gasteiger partial charge in [0.1, 0.15) is 5.75 Å². The number of benzene rings is 1. The summed E-state index contributed by atoms with van der Waals surface area (Å²) in [6.45, 7) is 6.89. The Morgan fingerprint density at radius 3 is 2.95 bits per heavy atom. The number of carbonyl (C=O) groups excluding carboxylic acids is 1. The zero-order valence-corrected chi connectivity index (χ0v) is 14.4. The molecule has 4 nitrogen and oxygen atoms in total. The smallest absolute Gasteiger partial charge is 0.260 e. The minimum absolute atomic E-state index is 0.0541. The van der Waals surface area contributed by atoms with E-state index in [0.717, 1.165) is 29.4 Å². The van der Waals surface area contributed by atoms with E-state index in [1.165, 1.54) is 0 Å². The normalized spacial score (nSPS) is 23.4. The summed E-state index contributed by atoms with van der Waals surface area (Å²) in [5.41, 5.74) is 1.15. The minimum Gasteiger partial charge on any atom is -0.480 e. The van der Waals surface area contributed by atoms with Crippen LogP contribution in [0, 0.1) is 6.92 Å². The summed E-state index contributed by atoms with van der Waals surface area (Å²) in [5.74, 6) is 0.642. The van der Waals surface area contributed by atoms with E-state index in [4.69, 9.17) is 4.74 Å². The molecule has 1 amide bonds. The highest BCUT2D eigenvalue weighted by molar-refractivity contribution is 9.10. The Bertz CT molecular complexity index is 507. The second kappa shape index (κ2) is 7.27. The molecular weight excluding hydrogens is 332 g/mol. The van der Waals surface area contributed by atoms with Crippen LogP contribution in [0.5, 0.6) is 5.75 Å². The number of hydrogen-bond donors (Lipinski definition) is 2. The number of halogens is 1. The van der Waals surface area contributed by atoms with Gasteiger partial charge in [0, 0.05) is 12.1 Å². The summed E-state index contributed by atoms with van der Waals surface area (Å²) in [6, 6.07) is 6.52. The van der Waals surface area contributed by atoms with Crippen LogP contribution < -0.4 is 15.4 Å². The van der Waals surface area contributed by atoms with Gasteiger partial charge in [0.25, 0.3) is 5.91 Å². The highest BCUT2D eigenvalue weighted by Gasteiger charge is 2.23. The number of amides is 1. The van der Waals surface area contributed by atoms with Crippen LogP contribution in [0.2, 0.25) is 0 Å². The lowest BCUT2D eigenvalue weighted by atomic mass is 10.0. The highest BCUT2D eigenvalue weighted by Crippen LogP contribution is 2.26. The molecule has 0 saturated carbocycles. The molecule has 5 heteroatoms. The number of hydrogen-bond acceptors (Lipinski definition) is 3. The number of rotatable bonds is 4. The maximum atomic E-state index is 12.2. The quantitative estimate of drug-likeness (QED) is 0.873. The molecule has 3 unspecified atom stereocenters. The Hall–Kier alpha value is -1.07. The number of ether oxygens (including phenoxy) is 1. The lowest BCUT2D eigenvalue weighted by Gasteiger charge is -2.29. The highest BCUT2D eigenvalue weighted by atomic mass is 79.9.